The zero-order valence-electron chi connectivity index (χ0n) is 18.0. The molecule has 1 fully saturated rings. The summed E-state index contributed by atoms with van der Waals surface area (Å²) in [6.45, 7) is 12.6. The van der Waals surface area contributed by atoms with E-state index in [4.69, 9.17) is 6.57 Å². The van der Waals surface area contributed by atoms with Crippen molar-refractivity contribution < 1.29 is 19.1 Å². The van der Waals surface area contributed by atoms with Gasteiger partial charge in [-0.05, 0) is 18.6 Å². The molecule has 0 unspecified atom stereocenters. The van der Waals surface area contributed by atoms with Crippen LogP contribution < -0.4 is 5.43 Å². The van der Waals surface area contributed by atoms with E-state index < -0.39 is 5.82 Å². The van der Waals surface area contributed by atoms with Crippen molar-refractivity contribution in [3.63, 3.8) is 0 Å². The lowest BCUT2D eigenvalue weighted by Crippen LogP contribution is -2.50. The maximum absolute atomic E-state index is 13.7. The summed E-state index contributed by atoms with van der Waals surface area (Å²) in [7, 11) is 0. The number of allylic oxidation sites excluding steroid dienone is 1. The highest BCUT2D eigenvalue weighted by Gasteiger charge is 2.23. The molecule has 1 aliphatic rings. The second-order valence-electron chi connectivity index (χ2n) is 7.52. The number of phenolic OH excluding ortho intramolecular Hbond substituents is 1. The van der Waals surface area contributed by atoms with Crippen LogP contribution in [-0.4, -0.2) is 65.7 Å². The summed E-state index contributed by atoms with van der Waals surface area (Å²) in [6.07, 6.45) is 3.05. The summed E-state index contributed by atoms with van der Waals surface area (Å²) < 4.78 is 13.7. The summed E-state index contributed by atoms with van der Waals surface area (Å²) in [6, 6.07) is 8.87. The van der Waals surface area contributed by atoms with Gasteiger partial charge in [-0.1, -0.05) is 30.3 Å². The molecule has 170 valence electrons. The molecule has 0 spiro atoms. The molecule has 2 amide bonds. The van der Waals surface area contributed by atoms with E-state index in [0.29, 0.717) is 49.4 Å². The number of phenols is 1. The van der Waals surface area contributed by atoms with Crippen LogP contribution in [0, 0.1) is 12.4 Å². The number of piperazine rings is 1. The Bertz CT molecular complexity index is 1100. The van der Waals surface area contributed by atoms with E-state index in [9.17, 15) is 19.1 Å². The van der Waals surface area contributed by atoms with Gasteiger partial charge in [0.15, 0.2) is 5.69 Å². The van der Waals surface area contributed by atoms with Crippen LogP contribution in [0.4, 0.5) is 10.1 Å². The van der Waals surface area contributed by atoms with Crippen molar-refractivity contribution in [1.29, 1.82) is 0 Å². The quantitative estimate of drug-likeness (QED) is 0.294. The Hall–Kier alpha value is -4.03. The fourth-order valence-corrected chi connectivity index (χ4v) is 3.47. The van der Waals surface area contributed by atoms with Gasteiger partial charge >= 0.3 is 0 Å². The number of hydrogen-bond donors (Lipinski definition) is 2. The molecule has 0 saturated carbocycles. The van der Waals surface area contributed by atoms with Crippen LogP contribution in [0.3, 0.4) is 0 Å². The Morgan fingerprint density at radius 2 is 1.91 bits per heavy atom. The van der Waals surface area contributed by atoms with Crippen molar-refractivity contribution in [1.82, 2.24) is 15.2 Å². The van der Waals surface area contributed by atoms with Crippen molar-refractivity contribution in [3.05, 3.63) is 83.0 Å². The van der Waals surface area contributed by atoms with Crippen molar-refractivity contribution in [2.45, 2.75) is 6.42 Å². The molecule has 33 heavy (non-hydrogen) atoms. The first kappa shape index (κ1) is 23.6. The number of benzene rings is 2. The molecule has 0 atom stereocenters. The number of hydrogen-bond acceptors (Lipinski definition) is 5. The molecular formula is C24H24FN5O3. The largest absolute Gasteiger partial charge is 0.507 e. The highest BCUT2D eigenvalue weighted by molar-refractivity contribution is 5.94. The minimum Gasteiger partial charge on any atom is -0.507 e. The topological polar surface area (TPSA) is 89.6 Å². The van der Waals surface area contributed by atoms with Gasteiger partial charge < -0.3 is 10.0 Å². The van der Waals surface area contributed by atoms with Gasteiger partial charge in [0.05, 0.1) is 19.3 Å². The van der Waals surface area contributed by atoms with Crippen molar-refractivity contribution in [2.24, 2.45) is 5.10 Å². The summed E-state index contributed by atoms with van der Waals surface area (Å²) >= 11 is 0. The molecule has 1 aliphatic heterocycles. The second-order valence-corrected chi connectivity index (χ2v) is 7.52. The predicted molar refractivity (Wildman–Crippen MR) is 123 cm³/mol. The van der Waals surface area contributed by atoms with Crippen LogP contribution in [0.1, 0.15) is 21.5 Å². The lowest BCUT2D eigenvalue weighted by Gasteiger charge is -2.34. The zero-order valence-corrected chi connectivity index (χ0v) is 18.0. The number of hydrazone groups is 1. The SMILES string of the molecule is [C-]#[N+]c1ccc(C(=O)N2CCN(CC(=O)N/N=C\c3cc(F)cc(CC=C)c3O)CC2)cc1. The standard InChI is InChI=1S/C24H24FN5O3/c1-3-4-18-13-20(25)14-19(23(18)32)15-27-28-22(31)16-29-9-11-30(12-10-29)24(33)17-5-7-21(26-2)8-6-17/h3,5-8,13-15,32H,1,4,9-12,16H2,(H,28,31)/b27-15-. The van der Waals surface area contributed by atoms with Gasteiger partial charge in [-0.15, -0.1) is 6.58 Å². The molecule has 0 bridgehead atoms. The highest BCUT2D eigenvalue weighted by atomic mass is 19.1. The highest BCUT2D eigenvalue weighted by Crippen LogP contribution is 2.23. The average Bonchev–Trinajstić information content (AvgIpc) is 2.82. The van der Waals surface area contributed by atoms with Crippen LogP contribution >= 0.6 is 0 Å². The van der Waals surface area contributed by atoms with Gasteiger partial charge in [-0.3, -0.25) is 14.5 Å². The molecule has 8 nitrogen and oxygen atoms in total. The fourth-order valence-electron chi connectivity index (χ4n) is 3.47. The van der Waals surface area contributed by atoms with Crippen molar-refractivity contribution >= 4 is 23.7 Å². The molecule has 3 rings (SSSR count). The lowest BCUT2D eigenvalue weighted by molar-refractivity contribution is -0.122. The number of halogens is 1. The predicted octanol–water partition coefficient (Wildman–Crippen LogP) is 2.72. The Labute approximate surface area is 191 Å². The van der Waals surface area contributed by atoms with E-state index in [1.54, 1.807) is 35.2 Å². The minimum atomic E-state index is -0.521. The molecule has 0 radical (unpaired) electrons. The molecule has 0 aromatic heterocycles. The van der Waals surface area contributed by atoms with Gasteiger partial charge in [0.25, 0.3) is 11.8 Å². The Balaban J connectivity index is 1.48. The molecule has 9 heteroatoms. The number of aromatic hydroxyl groups is 1. The van der Waals surface area contributed by atoms with E-state index in [0.717, 1.165) is 6.07 Å². The average molecular weight is 449 g/mol. The van der Waals surface area contributed by atoms with Crippen LogP contribution in [0.25, 0.3) is 4.85 Å². The van der Waals surface area contributed by atoms with Gasteiger partial charge in [0.2, 0.25) is 0 Å². The Morgan fingerprint density at radius 1 is 1.21 bits per heavy atom. The molecular weight excluding hydrogens is 425 g/mol. The zero-order chi connectivity index (χ0) is 23.8. The molecule has 2 N–H and O–H groups in total. The first-order chi connectivity index (χ1) is 15.9. The summed E-state index contributed by atoms with van der Waals surface area (Å²) in [5, 5.41) is 14.0. The molecule has 0 aliphatic carbocycles. The first-order valence-corrected chi connectivity index (χ1v) is 10.3. The molecule has 1 saturated heterocycles. The van der Waals surface area contributed by atoms with Gasteiger partial charge in [0.1, 0.15) is 11.6 Å². The maximum atomic E-state index is 13.7. The number of nitrogens with zero attached hydrogens (tertiary/aromatic N) is 4. The normalized spacial score (nSPS) is 14.1. The summed E-state index contributed by atoms with van der Waals surface area (Å²) in [4.78, 5) is 31.7. The van der Waals surface area contributed by atoms with Crippen LogP contribution in [-0.2, 0) is 11.2 Å². The number of carbonyl (C=O) groups excluding carboxylic acids is 2. The Morgan fingerprint density at radius 3 is 2.55 bits per heavy atom. The smallest absolute Gasteiger partial charge is 0.254 e. The molecule has 2 aromatic rings. The maximum Gasteiger partial charge on any atom is 0.254 e. The van der Waals surface area contributed by atoms with Crippen molar-refractivity contribution in [2.75, 3.05) is 32.7 Å². The van der Waals surface area contributed by atoms with E-state index >= 15 is 0 Å². The summed E-state index contributed by atoms with van der Waals surface area (Å²) in [5.74, 6) is -1.10. The fraction of sp³-hybridized carbons (Fsp3) is 0.250. The van der Waals surface area contributed by atoms with Gasteiger partial charge in [-0.25, -0.2) is 14.7 Å². The van der Waals surface area contributed by atoms with Crippen LogP contribution in [0.2, 0.25) is 0 Å². The third kappa shape index (κ3) is 6.24. The number of nitrogens with one attached hydrogen (secondary N) is 1. The molecule has 2 aromatic carbocycles. The van der Waals surface area contributed by atoms with Gasteiger partial charge in [-0.2, -0.15) is 5.10 Å². The molecule has 1 heterocycles. The first-order valence-electron chi connectivity index (χ1n) is 10.3. The third-order valence-corrected chi connectivity index (χ3v) is 5.21. The lowest BCUT2D eigenvalue weighted by atomic mass is 10.1. The van der Waals surface area contributed by atoms with Gasteiger partial charge in [0, 0.05) is 42.9 Å². The Kier molecular flexibility index (Phi) is 7.89. The number of amides is 2. The number of carbonyl (C=O) groups is 2. The van der Waals surface area contributed by atoms with Crippen molar-refractivity contribution in [3.8, 4) is 5.75 Å². The third-order valence-electron chi connectivity index (χ3n) is 5.21. The van der Waals surface area contributed by atoms with Crippen LogP contribution in [0.5, 0.6) is 5.75 Å². The monoisotopic (exact) mass is 449 g/mol. The van der Waals surface area contributed by atoms with E-state index in [1.807, 2.05) is 4.90 Å². The second kappa shape index (κ2) is 11.0. The van der Waals surface area contributed by atoms with Crippen LogP contribution in [0.15, 0.2) is 54.2 Å². The number of rotatable bonds is 7. The van der Waals surface area contributed by atoms with E-state index in [-0.39, 0.29) is 29.7 Å². The van der Waals surface area contributed by atoms with E-state index in [2.05, 4.69) is 22.0 Å². The summed E-state index contributed by atoms with van der Waals surface area (Å²) in [5.41, 5.74) is 3.92. The van der Waals surface area contributed by atoms with E-state index in [1.165, 1.54) is 12.3 Å². The minimum absolute atomic E-state index is 0.0932.